The summed E-state index contributed by atoms with van der Waals surface area (Å²) >= 11 is 0. The Morgan fingerprint density at radius 2 is 1.61 bits per heavy atom. The van der Waals surface area contributed by atoms with Crippen LogP contribution in [0.15, 0.2) is 78.9 Å². The van der Waals surface area contributed by atoms with Gasteiger partial charge in [0.2, 0.25) is 5.69 Å². The normalized spacial score (nSPS) is 14.1. The molecule has 0 amide bonds. The largest absolute Gasteiger partial charge is 0.692 e. The molecule has 0 saturated heterocycles. The molecule has 7 heteroatoms. The summed E-state index contributed by atoms with van der Waals surface area (Å²) in [4.78, 5) is 14.2. The standard InChI is InChI=1S/C29H29N2O.HO3P/c1-29(2)24-19-21(32-5)15-17-26(24)30(3)27(29)18-16-23-22-13-9-10-14-25(22)31(4)28(23)20-11-7-6-8-12-20;1-4(2)3/h6-19H,1-5H3;(H-,1,2,3)/q+1;/p+1. The van der Waals surface area contributed by atoms with Gasteiger partial charge >= 0.3 is 8.25 Å². The number of nitrogens with zero attached hydrogens (tertiary/aromatic N) is 2. The molecule has 0 fully saturated rings. The van der Waals surface area contributed by atoms with Crippen LogP contribution in [0, 0.1) is 0 Å². The van der Waals surface area contributed by atoms with E-state index in [0.29, 0.717) is 0 Å². The van der Waals surface area contributed by atoms with Crippen molar-refractivity contribution in [2.45, 2.75) is 19.3 Å². The van der Waals surface area contributed by atoms with Gasteiger partial charge in [-0.15, -0.1) is 9.79 Å². The van der Waals surface area contributed by atoms with Gasteiger partial charge in [-0.1, -0.05) is 48.5 Å². The van der Waals surface area contributed by atoms with E-state index < -0.39 is 8.25 Å². The van der Waals surface area contributed by atoms with E-state index in [9.17, 15) is 0 Å². The zero-order chi connectivity index (χ0) is 26.0. The highest BCUT2D eigenvalue weighted by molar-refractivity contribution is 7.30. The van der Waals surface area contributed by atoms with Gasteiger partial charge in [-0.2, -0.15) is 4.58 Å². The van der Waals surface area contributed by atoms with Gasteiger partial charge in [0, 0.05) is 45.8 Å². The average Bonchev–Trinajstić information content (AvgIpc) is 3.25. The lowest BCUT2D eigenvalue weighted by molar-refractivity contribution is -0.401. The number of aromatic nitrogens is 1. The molecule has 0 radical (unpaired) electrons. The number of fused-ring (bicyclic) bond motifs is 2. The van der Waals surface area contributed by atoms with Crippen LogP contribution in [0.4, 0.5) is 5.69 Å². The Hall–Kier alpha value is -3.57. The third-order valence-electron chi connectivity index (χ3n) is 6.84. The zero-order valence-electron chi connectivity index (χ0n) is 21.1. The molecular formula is C29H31N2O4P+2. The highest BCUT2D eigenvalue weighted by atomic mass is 31.1. The molecule has 1 aromatic heterocycles. The summed E-state index contributed by atoms with van der Waals surface area (Å²) in [6.07, 6.45) is 4.59. The van der Waals surface area contributed by atoms with E-state index in [2.05, 4.69) is 116 Å². The van der Waals surface area contributed by atoms with Gasteiger partial charge in [-0.05, 0) is 43.7 Å². The van der Waals surface area contributed by atoms with Crippen LogP contribution in [0.2, 0.25) is 0 Å². The average molecular weight is 503 g/mol. The molecule has 2 heterocycles. The fourth-order valence-corrected chi connectivity index (χ4v) is 5.14. The van der Waals surface area contributed by atoms with Crippen LogP contribution >= 0.6 is 8.25 Å². The molecule has 1 aliphatic rings. The van der Waals surface area contributed by atoms with E-state index >= 15 is 0 Å². The first-order valence-electron chi connectivity index (χ1n) is 11.6. The summed E-state index contributed by atoms with van der Waals surface area (Å²) in [6.45, 7) is 4.57. The summed E-state index contributed by atoms with van der Waals surface area (Å²) in [5.74, 6) is 0.899. The Bertz CT molecular complexity index is 1500. The molecule has 0 unspecified atom stereocenters. The van der Waals surface area contributed by atoms with Crippen LogP contribution in [0.5, 0.6) is 5.75 Å². The van der Waals surface area contributed by atoms with Gasteiger partial charge in [0.05, 0.1) is 18.2 Å². The topological polar surface area (TPSA) is 74.7 Å². The highest BCUT2D eigenvalue weighted by Crippen LogP contribution is 2.42. The van der Waals surface area contributed by atoms with Gasteiger partial charge < -0.3 is 9.30 Å². The molecule has 0 aliphatic carbocycles. The molecule has 4 aromatic rings. The molecule has 36 heavy (non-hydrogen) atoms. The number of ether oxygens (including phenoxy) is 1. The number of benzene rings is 3. The molecule has 3 aromatic carbocycles. The maximum atomic E-state index is 8.70. The van der Waals surface area contributed by atoms with Gasteiger partial charge in [0.1, 0.15) is 12.8 Å². The number of rotatable bonds is 4. The van der Waals surface area contributed by atoms with E-state index in [-0.39, 0.29) is 5.41 Å². The summed E-state index contributed by atoms with van der Waals surface area (Å²) in [7, 11) is 3.16. The van der Waals surface area contributed by atoms with Gasteiger partial charge in [-0.25, -0.2) is 0 Å². The number of para-hydroxylation sites is 1. The maximum absolute atomic E-state index is 8.70. The predicted octanol–water partition coefficient (Wildman–Crippen LogP) is 6.20. The first kappa shape index (κ1) is 25.5. The molecular weight excluding hydrogens is 471 g/mol. The highest BCUT2D eigenvalue weighted by Gasteiger charge is 2.43. The van der Waals surface area contributed by atoms with Crippen LogP contribution in [-0.4, -0.2) is 38.8 Å². The van der Waals surface area contributed by atoms with Crippen molar-refractivity contribution in [3.63, 3.8) is 0 Å². The van der Waals surface area contributed by atoms with E-state index in [0.717, 1.165) is 5.75 Å². The summed E-state index contributed by atoms with van der Waals surface area (Å²) < 4.78 is 18.8. The van der Waals surface area contributed by atoms with Crippen molar-refractivity contribution in [1.82, 2.24) is 4.57 Å². The second kappa shape index (κ2) is 10.2. The van der Waals surface area contributed by atoms with Crippen LogP contribution < -0.4 is 4.74 Å². The first-order chi connectivity index (χ1) is 17.2. The van der Waals surface area contributed by atoms with Crippen LogP contribution in [0.25, 0.3) is 28.2 Å². The van der Waals surface area contributed by atoms with Crippen molar-refractivity contribution in [1.29, 1.82) is 0 Å². The number of hydrogen-bond acceptors (Lipinski definition) is 2. The monoisotopic (exact) mass is 502 g/mol. The second-order valence-corrected chi connectivity index (χ2v) is 9.75. The lowest BCUT2D eigenvalue weighted by atomic mass is 9.81. The van der Waals surface area contributed by atoms with Crippen molar-refractivity contribution in [2.75, 3.05) is 14.2 Å². The minimum Gasteiger partial charge on any atom is -0.497 e. The quantitative estimate of drug-likeness (QED) is 0.257. The molecule has 0 saturated carbocycles. The second-order valence-electron chi connectivity index (χ2n) is 9.24. The lowest BCUT2D eigenvalue weighted by Crippen LogP contribution is -2.26. The molecule has 5 rings (SSSR count). The Kier molecular flexibility index (Phi) is 7.23. The third kappa shape index (κ3) is 4.63. The minimum atomic E-state index is -2.87. The first-order valence-corrected chi connectivity index (χ1v) is 12.8. The van der Waals surface area contributed by atoms with Crippen LogP contribution in [0.1, 0.15) is 25.0 Å². The summed E-state index contributed by atoms with van der Waals surface area (Å²) in [5, 5.41) is 1.27. The van der Waals surface area contributed by atoms with Crippen molar-refractivity contribution < 1.29 is 23.7 Å². The van der Waals surface area contributed by atoms with Crippen molar-refractivity contribution in [2.24, 2.45) is 7.05 Å². The molecule has 0 bridgehead atoms. The SMILES string of the molecule is COc1ccc2c(c1)C(C)(C)C(/C=C/c1c(-c3ccccc3)n(C)c3ccccc13)=[N+]2C.O=[P+](O)O. The van der Waals surface area contributed by atoms with Gasteiger partial charge in [-0.3, -0.25) is 0 Å². The summed E-state index contributed by atoms with van der Waals surface area (Å²) in [5.41, 5.74) is 8.63. The molecule has 1 aliphatic heterocycles. The zero-order valence-corrected chi connectivity index (χ0v) is 22.0. The molecule has 0 spiro atoms. The van der Waals surface area contributed by atoms with Crippen LogP contribution in [0.3, 0.4) is 0 Å². The van der Waals surface area contributed by atoms with E-state index in [1.165, 1.54) is 44.7 Å². The number of aryl methyl sites for hydroxylation is 1. The maximum Gasteiger partial charge on any atom is 0.692 e. The number of allylic oxidation sites excluding steroid dienone is 1. The molecule has 184 valence electrons. The van der Waals surface area contributed by atoms with Gasteiger partial charge in [0.15, 0.2) is 5.71 Å². The molecule has 0 atom stereocenters. The van der Waals surface area contributed by atoms with Crippen molar-refractivity contribution in [3.05, 3.63) is 90.0 Å². The Morgan fingerprint density at radius 3 is 2.28 bits per heavy atom. The minimum absolute atomic E-state index is 0.118. The Morgan fingerprint density at radius 1 is 0.972 bits per heavy atom. The Balaban J connectivity index is 0.000000709. The van der Waals surface area contributed by atoms with E-state index in [1.54, 1.807) is 7.11 Å². The number of methoxy groups -OCH3 is 1. The fraction of sp³-hybridized carbons (Fsp3) is 0.207. The van der Waals surface area contributed by atoms with E-state index in [4.69, 9.17) is 19.1 Å². The smallest absolute Gasteiger partial charge is 0.497 e. The lowest BCUT2D eigenvalue weighted by Gasteiger charge is -2.16. The fourth-order valence-electron chi connectivity index (χ4n) is 5.14. The third-order valence-corrected chi connectivity index (χ3v) is 6.84. The Labute approximate surface area is 212 Å². The molecule has 2 N–H and O–H groups in total. The predicted molar refractivity (Wildman–Crippen MR) is 146 cm³/mol. The van der Waals surface area contributed by atoms with Crippen molar-refractivity contribution >= 4 is 36.6 Å². The van der Waals surface area contributed by atoms with E-state index in [1.807, 2.05) is 6.07 Å². The number of hydrogen-bond donors (Lipinski definition) is 2. The van der Waals surface area contributed by atoms with Gasteiger partial charge in [0.25, 0.3) is 0 Å². The van der Waals surface area contributed by atoms with Crippen LogP contribution in [-0.2, 0) is 17.0 Å². The molecule has 6 nitrogen and oxygen atoms in total. The summed E-state index contributed by atoms with van der Waals surface area (Å²) in [6, 6.07) is 25.7. The van der Waals surface area contributed by atoms with Crippen molar-refractivity contribution in [3.8, 4) is 17.0 Å².